The second-order valence-electron chi connectivity index (χ2n) is 7.45. The van der Waals surface area contributed by atoms with E-state index in [0.29, 0.717) is 26.9 Å². The van der Waals surface area contributed by atoms with Crippen LogP contribution in [0.1, 0.15) is 22.3 Å². The first-order chi connectivity index (χ1) is 15.8. The normalized spacial score (nSPS) is 14.9. The molecule has 3 aromatic carbocycles. The van der Waals surface area contributed by atoms with Gasteiger partial charge in [-0.3, -0.25) is 9.69 Å². The highest BCUT2D eigenvalue weighted by Crippen LogP contribution is 2.38. The molecular weight excluding hydrogens is 500 g/mol. The van der Waals surface area contributed by atoms with Crippen LogP contribution in [0.5, 0.6) is 5.75 Å². The number of aryl methyl sites for hydroxylation is 1. The monoisotopic (exact) mass is 517 g/mol. The zero-order valence-electron chi connectivity index (χ0n) is 17.5. The van der Waals surface area contributed by atoms with Crippen LogP contribution < -0.4 is 4.74 Å². The Morgan fingerprint density at radius 3 is 2.42 bits per heavy atom. The highest BCUT2D eigenvalue weighted by molar-refractivity contribution is 8.26. The summed E-state index contributed by atoms with van der Waals surface area (Å²) in [7, 11) is 0. The number of thioether (sulfide) groups is 1. The van der Waals surface area contributed by atoms with Crippen molar-refractivity contribution in [3.8, 4) is 5.75 Å². The number of hydrogen-bond donors (Lipinski definition) is 0. The van der Waals surface area contributed by atoms with E-state index in [1.807, 2.05) is 31.2 Å². The van der Waals surface area contributed by atoms with Crippen molar-refractivity contribution in [3.63, 3.8) is 0 Å². The average Bonchev–Trinajstić information content (AvgIpc) is 3.03. The van der Waals surface area contributed by atoms with Crippen LogP contribution in [-0.4, -0.2) is 15.1 Å². The molecule has 0 aromatic heterocycles. The van der Waals surface area contributed by atoms with Crippen molar-refractivity contribution in [2.75, 3.05) is 0 Å². The van der Waals surface area contributed by atoms with Crippen LogP contribution in [0.3, 0.4) is 0 Å². The number of amides is 1. The number of carbonyl (C=O) groups excluding carboxylic acids is 1. The van der Waals surface area contributed by atoms with E-state index in [1.165, 1.54) is 17.8 Å². The molecule has 33 heavy (non-hydrogen) atoms. The summed E-state index contributed by atoms with van der Waals surface area (Å²) in [4.78, 5) is 15.0. The van der Waals surface area contributed by atoms with Crippen molar-refractivity contribution in [2.45, 2.75) is 20.1 Å². The fourth-order valence-electron chi connectivity index (χ4n) is 3.23. The van der Waals surface area contributed by atoms with Crippen molar-refractivity contribution in [3.05, 3.63) is 104 Å². The van der Waals surface area contributed by atoms with Gasteiger partial charge in [0.05, 0.1) is 21.5 Å². The fourth-order valence-corrected chi connectivity index (χ4v) is 5.10. The minimum absolute atomic E-state index is 0.0108. The third kappa shape index (κ3) is 5.58. The maximum Gasteiger partial charge on any atom is 0.266 e. The third-order valence-corrected chi connectivity index (χ3v) is 6.92. The molecule has 8 heteroatoms. The number of rotatable bonds is 6. The molecule has 1 heterocycles. The summed E-state index contributed by atoms with van der Waals surface area (Å²) in [5.74, 6) is -0.280. The Hall–Kier alpha value is -2.38. The maximum absolute atomic E-state index is 13.8. The summed E-state index contributed by atoms with van der Waals surface area (Å²) in [6.45, 7) is 2.41. The molecule has 3 nitrogen and oxygen atoms in total. The lowest BCUT2D eigenvalue weighted by atomic mass is 10.1. The molecule has 0 atom stereocenters. The van der Waals surface area contributed by atoms with Crippen LogP contribution >= 0.6 is 47.2 Å². The smallest absolute Gasteiger partial charge is 0.266 e. The van der Waals surface area contributed by atoms with Crippen LogP contribution in [0.25, 0.3) is 6.08 Å². The first-order valence-corrected chi connectivity index (χ1v) is 12.0. The highest BCUT2D eigenvalue weighted by Gasteiger charge is 2.32. The summed E-state index contributed by atoms with van der Waals surface area (Å²) in [5, 5.41) is 0.528. The van der Waals surface area contributed by atoms with E-state index in [-0.39, 0.29) is 34.1 Å². The molecule has 3 aromatic rings. The number of benzene rings is 3. The van der Waals surface area contributed by atoms with Crippen molar-refractivity contribution in [1.82, 2.24) is 4.90 Å². The number of carbonyl (C=O) groups is 1. The summed E-state index contributed by atoms with van der Waals surface area (Å²) in [5.41, 5.74) is 3.18. The Kier molecular flexibility index (Phi) is 7.39. The summed E-state index contributed by atoms with van der Waals surface area (Å²) in [6, 6.07) is 17.6. The van der Waals surface area contributed by atoms with E-state index in [4.69, 9.17) is 40.2 Å². The van der Waals surface area contributed by atoms with Crippen LogP contribution in [-0.2, 0) is 17.9 Å². The summed E-state index contributed by atoms with van der Waals surface area (Å²) in [6.07, 6.45) is 1.70. The van der Waals surface area contributed by atoms with Gasteiger partial charge in [0.25, 0.3) is 5.91 Å². The van der Waals surface area contributed by atoms with E-state index in [2.05, 4.69) is 0 Å². The van der Waals surface area contributed by atoms with Gasteiger partial charge >= 0.3 is 0 Å². The van der Waals surface area contributed by atoms with Crippen LogP contribution in [0.4, 0.5) is 4.39 Å². The van der Waals surface area contributed by atoms with Crippen molar-refractivity contribution >= 4 is 63.5 Å². The zero-order valence-corrected chi connectivity index (χ0v) is 20.6. The van der Waals surface area contributed by atoms with E-state index in [9.17, 15) is 9.18 Å². The lowest BCUT2D eigenvalue weighted by Crippen LogP contribution is -2.27. The number of hydrogen-bond acceptors (Lipinski definition) is 4. The molecule has 1 amide bonds. The van der Waals surface area contributed by atoms with Gasteiger partial charge in [0.15, 0.2) is 5.75 Å². The number of halogens is 3. The molecule has 4 rings (SSSR count). The topological polar surface area (TPSA) is 29.5 Å². The standard InChI is InChI=1S/C25H18Cl2FNO2S2/c1-15-6-8-16(9-7-15)13-29-24(30)22(33-25(29)32)12-17-10-19(26)23(20(27)11-17)31-14-18-4-2-3-5-21(18)28/h2-12H,13-14H2,1H3/b22-12-. The second kappa shape index (κ2) is 10.3. The van der Waals surface area contributed by atoms with E-state index in [0.717, 1.165) is 11.1 Å². The van der Waals surface area contributed by atoms with Crippen LogP contribution in [0, 0.1) is 12.7 Å². The molecule has 0 aliphatic carbocycles. The SMILES string of the molecule is Cc1ccc(CN2C(=O)/C(=C/c3cc(Cl)c(OCc4ccccc4F)c(Cl)c3)SC2=S)cc1. The Labute approximate surface area is 211 Å². The molecule has 0 spiro atoms. The van der Waals surface area contributed by atoms with Gasteiger partial charge in [-0.1, -0.05) is 95.2 Å². The Morgan fingerprint density at radius 1 is 1.09 bits per heavy atom. The van der Waals surface area contributed by atoms with E-state index in [1.54, 1.807) is 41.3 Å². The molecule has 1 fully saturated rings. The molecule has 1 saturated heterocycles. The fraction of sp³-hybridized carbons (Fsp3) is 0.120. The largest absolute Gasteiger partial charge is 0.486 e. The zero-order chi connectivity index (χ0) is 23.5. The van der Waals surface area contributed by atoms with Crippen molar-refractivity contribution < 1.29 is 13.9 Å². The molecule has 0 bridgehead atoms. The van der Waals surface area contributed by atoms with Gasteiger partial charge in [-0.15, -0.1) is 0 Å². The van der Waals surface area contributed by atoms with Gasteiger partial charge in [0.1, 0.15) is 16.7 Å². The van der Waals surface area contributed by atoms with Crippen molar-refractivity contribution in [1.29, 1.82) is 0 Å². The molecule has 168 valence electrons. The summed E-state index contributed by atoms with van der Waals surface area (Å²) >= 11 is 19.4. The number of ether oxygens (including phenoxy) is 1. The van der Waals surface area contributed by atoms with Crippen molar-refractivity contribution in [2.24, 2.45) is 0 Å². The van der Waals surface area contributed by atoms with Gasteiger partial charge in [0, 0.05) is 5.56 Å². The molecule has 0 N–H and O–H groups in total. The maximum atomic E-state index is 13.8. The number of thiocarbonyl (C=S) groups is 1. The molecule has 0 saturated carbocycles. The lowest BCUT2D eigenvalue weighted by molar-refractivity contribution is -0.122. The van der Waals surface area contributed by atoms with Crippen LogP contribution in [0.2, 0.25) is 10.0 Å². The van der Waals surface area contributed by atoms with Gasteiger partial charge in [0.2, 0.25) is 0 Å². The van der Waals surface area contributed by atoms with E-state index < -0.39 is 0 Å². The molecule has 1 aliphatic heterocycles. The molecule has 1 aliphatic rings. The molecular formula is C25H18Cl2FNO2S2. The first-order valence-electron chi connectivity index (χ1n) is 9.98. The Balaban J connectivity index is 1.50. The minimum atomic E-state index is -0.367. The average molecular weight is 518 g/mol. The first kappa shape index (κ1) is 23.8. The minimum Gasteiger partial charge on any atom is -0.486 e. The molecule has 0 unspecified atom stereocenters. The lowest BCUT2D eigenvalue weighted by Gasteiger charge is -2.14. The van der Waals surface area contributed by atoms with Crippen LogP contribution in [0.15, 0.2) is 65.6 Å². The molecule has 0 radical (unpaired) electrons. The Morgan fingerprint density at radius 2 is 1.76 bits per heavy atom. The van der Waals surface area contributed by atoms with Gasteiger partial charge in [-0.05, 0) is 42.3 Å². The van der Waals surface area contributed by atoms with E-state index >= 15 is 0 Å². The number of nitrogens with zero attached hydrogens (tertiary/aromatic N) is 1. The van der Waals surface area contributed by atoms with Gasteiger partial charge < -0.3 is 4.74 Å². The van der Waals surface area contributed by atoms with Gasteiger partial charge in [-0.25, -0.2) is 4.39 Å². The quantitative estimate of drug-likeness (QED) is 0.251. The predicted molar refractivity (Wildman–Crippen MR) is 137 cm³/mol. The predicted octanol–water partition coefficient (Wildman–Crippen LogP) is 7.42. The summed E-state index contributed by atoms with van der Waals surface area (Å²) < 4.78 is 20.0. The highest BCUT2D eigenvalue weighted by atomic mass is 35.5. The Bertz CT molecular complexity index is 1240. The second-order valence-corrected chi connectivity index (χ2v) is 9.94. The van der Waals surface area contributed by atoms with Gasteiger partial charge in [-0.2, -0.15) is 0 Å². The third-order valence-electron chi connectivity index (χ3n) is 4.98.